The fraction of sp³-hybridized carbons (Fsp3) is 0.400. The van der Waals surface area contributed by atoms with Gasteiger partial charge in [-0.2, -0.15) is 0 Å². The summed E-state index contributed by atoms with van der Waals surface area (Å²) in [4.78, 5) is 18.9. The Morgan fingerprint density at radius 2 is 2.00 bits per heavy atom. The Labute approximate surface area is 143 Å². The van der Waals surface area contributed by atoms with Crippen molar-refractivity contribution in [3.63, 3.8) is 0 Å². The van der Waals surface area contributed by atoms with E-state index in [9.17, 15) is 4.79 Å². The Bertz CT molecular complexity index is 631. The third-order valence-corrected chi connectivity index (χ3v) is 4.38. The maximum Gasteiger partial charge on any atom is 0.222 e. The Balaban J connectivity index is 1.54. The van der Waals surface area contributed by atoms with E-state index >= 15 is 0 Å². The summed E-state index contributed by atoms with van der Waals surface area (Å²) >= 11 is 0. The molecule has 24 heavy (non-hydrogen) atoms. The number of hydrogen-bond acceptors (Lipinski definition) is 3. The van der Waals surface area contributed by atoms with E-state index in [-0.39, 0.29) is 5.91 Å². The van der Waals surface area contributed by atoms with E-state index in [0.717, 1.165) is 25.1 Å². The molecule has 0 N–H and O–H groups in total. The molecule has 1 aliphatic rings. The standard InChI is InChI=1S/C20H24N2O2/c23-20(10-9-17-6-2-1-3-7-17)22-12-13-24-16-18(15-22)14-19-8-4-5-11-21-19/h1-8,11,18H,9-10,12-16H2/t18-/m1/s1. The van der Waals surface area contributed by atoms with Gasteiger partial charge < -0.3 is 9.64 Å². The molecule has 0 radical (unpaired) electrons. The minimum absolute atomic E-state index is 0.218. The molecule has 126 valence electrons. The van der Waals surface area contributed by atoms with Gasteiger partial charge in [0.25, 0.3) is 0 Å². The van der Waals surface area contributed by atoms with E-state index in [1.807, 2.05) is 47.5 Å². The Morgan fingerprint density at radius 1 is 1.17 bits per heavy atom. The number of benzene rings is 1. The monoisotopic (exact) mass is 324 g/mol. The fourth-order valence-electron chi connectivity index (χ4n) is 3.10. The zero-order valence-corrected chi connectivity index (χ0v) is 13.9. The normalized spacial score (nSPS) is 18.2. The highest BCUT2D eigenvalue weighted by molar-refractivity contribution is 5.76. The first-order valence-corrected chi connectivity index (χ1v) is 8.60. The van der Waals surface area contributed by atoms with Crippen molar-refractivity contribution in [3.05, 3.63) is 66.0 Å². The predicted molar refractivity (Wildman–Crippen MR) is 93.6 cm³/mol. The molecule has 1 aromatic carbocycles. The molecule has 4 heteroatoms. The summed E-state index contributed by atoms with van der Waals surface area (Å²) in [5.41, 5.74) is 2.27. The number of amides is 1. The van der Waals surface area contributed by atoms with Crippen molar-refractivity contribution in [1.29, 1.82) is 0 Å². The first kappa shape index (κ1) is 16.7. The molecular weight excluding hydrogens is 300 g/mol. The van der Waals surface area contributed by atoms with Gasteiger partial charge in [-0.1, -0.05) is 36.4 Å². The lowest BCUT2D eigenvalue weighted by atomic mass is 10.0. The molecule has 1 aromatic heterocycles. The molecule has 1 saturated heterocycles. The van der Waals surface area contributed by atoms with Crippen LogP contribution in [-0.2, 0) is 22.4 Å². The highest BCUT2D eigenvalue weighted by atomic mass is 16.5. The van der Waals surface area contributed by atoms with Crippen LogP contribution in [0.5, 0.6) is 0 Å². The SMILES string of the molecule is O=C(CCc1ccccc1)N1CCOC[C@H](Cc2ccccn2)C1. The summed E-state index contributed by atoms with van der Waals surface area (Å²) in [5.74, 6) is 0.526. The summed E-state index contributed by atoms with van der Waals surface area (Å²) in [6.07, 6.45) is 4.02. The number of aromatic nitrogens is 1. The van der Waals surface area contributed by atoms with Gasteiger partial charge in [0.1, 0.15) is 0 Å². The van der Waals surface area contributed by atoms with Gasteiger partial charge in [0.2, 0.25) is 5.91 Å². The molecular formula is C20H24N2O2. The average Bonchev–Trinajstić information content (AvgIpc) is 2.87. The third-order valence-electron chi connectivity index (χ3n) is 4.38. The molecule has 0 aliphatic carbocycles. The molecule has 0 saturated carbocycles. The van der Waals surface area contributed by atoms with E-state index in [0.29, 0.717) is 32.1 Å². The van der Waals surface area contributed by atoms with Gasteiger partial charge in [0.15, 0.2) is 0 Å². The van der Waals surface area contributed by atoms with Crippen molar-refractivity contribution in [2.24, 2.45) is 5.92 Å². The van der Waals surface area contributed by atoms with Crippen molar-refractivity contribution in [3.8, 4) is 0 Å². The van der Waals surface area contributed by atoms with E-state index in [1.165, 1.54) is 5.56 Å². The molecule has 4 nitrogen and oxygen atoms in total. The van der Waals surface area contributed by atoms with E-state index in [1.54, 1.807) is 0 Å². The second-order valence-electron chi connectivity index (χ2n) is 6.29. The summed E-state index contributed by atoms with van der Waals surface area (Å²) in [7, 11) is 0. The average molecular weight is 324 g/mol. The molecule has 1 atom stereocenters. The lowest BCUT2D eigenvalue weighted by Gasteiger charge is -2.23. The molecule has 0 spiro atoms. The van der Waals surface area contributed by atoms with Crippen molar-refractivity contribution in [2.45, 2.75) is 19.3 Å². The second-order valence-corrected chi connectivity index (χ2v) is 6.29. The maximum absolute atomic E-state index is 12.6. The molecule has 0 unspecified atom stereocenters. The Hall–Kier alpha value is -2.20. The van der Waals surface area contributed by atoms with Gasteiger partial charge in [-0.25, -0.2) is 0 Å². The highest BCUT2D eigenvalue weighted by Crippen LogP contribution is 2.14. The van der Waals surface area contributed by atoms with Gasteiger partial charge in [-0.3, -0.25) is 9.78 Å². The third kappa shape index (κ3) is 4.90. The largest absolute Gasteiger partial charge is 0.379 e. The lowest BCUT2D eigenvalue weighted by Crippen LogP contribution is -2.36. The molecule has 1 aliphatic heterocycles. The van der Waals surface area contributed by atoms with Crippen LogP contribution in [0.4, 0.5) is 0 Å². The van der Waals surface area contributed by atoms with Crippen LogP contribution in [0.1, 0.15) is 17.7 Å². The topological polar surface area (TPSA) is 42.4 Å². The van der Waals surface area contributed by atoms with Crippen LogP contribution in [-0.4, -0.2) is 42.1 Å². The van der Waals surface area contributed by atoms with Crippen molar-refractivity contribution >= 4 is 5.91 Å². The quantitative estimate of drug-likeness (QED) is 0.849. The molecule has 1 fully saturated rings. The summed E-state index contributed by atoms with van der Waals surface area (Å²) in [5, 5.41) is 0. The minimum atomic E-state index is 0.218. The summed E-state index contributed by atoms with van der Waals surface area (Å²) in [6.45, 7) is 2.76. The first-order valence-electron chi connectivity index (χ1n) is 8.60. The number of aryl methyl sites for hydroxylation is 1. The minimum Gasteiger partial charge on any atom is -0.379 e. The van der Waals surface area contributed by atoms with Gasteiger partial charge in [0.05, 0.1) is 13.2 Å². The van der Waals surface area contributed by atoms with Gasteiger partial charge in [-0.05, 0) is 30.5 Å². The number of carbonyl (C=O) groups excluding carboxylic acids is 1. The van der Waals surface area contributed by atoms with Crippen LogP contribution in [0.2, 0.25) is 0 Å². The number of rotatable bonds is 5. The van der Waals surface area contributed by atoms with Crippen LogP contribution in [0.3, 0.4) is 0 Å². The Morgan fingerprint density at radius 3 is 2.79 bits per heavy atom. The maximum atomic E-state index is 12.6. The summed E-state index contributed by atoms with van der Waals surface area (Å²) < 4.78 is 5.70. The second kappa shape index (κ2) is 8.60. The first-order chi connectivity index (χ1) is 11.8. The molecule has 0 bridgehead atoms. The van der Waals surface area contributed by atoms with E-state index < -0.39 is 0 Å². The molecule has 2 aromatic rings. The summed E-state index contributed by atoms with van der Waals surface area (Å²) in [6, 6.07) is 16.1. The van der Waals surface area contributed by atoms with Gasteiger partial charge in [0, 0.05) is 37.3 Å². The zero-order chi connectivity index (χ0) is 16.6. The van der Waals surface area contributed by atoms with E-state index in [2.05, 4.69) is 17.1 Å². The smallest absolute Gasteiger partial charge is 0.222 e. The van der Waals surface area contributed by atoms with Crippen LogP contribution in [0.15, 0.2) is 54.7 Å². The van der Waals surface area contributed by atoms with Crippen LogP contribution >= 0.6 is 0 Å². The van der Waals surface area contributed by atoms with Gasteiger partial charge in [-0.15, -0.1) is 0 Å². The number of hydrogen-bond donors (Lipinski definition) is 0. The number of carbonyl (C=O) groups is 1. The van der Waals surface area contributed by atoms with Crippen LogP contribution in [0, 0.1) is 5.92 Å². The molecule has 2 heterocycles. The number of nitrogens with zero attached hydrogens (tertiary/aromatic N) is 2. The van der Waals surface area contributed by atoms with Crippen molar-refractivity contribution in [2.75, 3.05) is 26.3 Å². The van der Waals surface area contributed by atoms with E-state index in [4.69, 9.17) is 4.74 Å². The Kier molecular flexibility index (Phi) is 5.96. The van der Waals surface area contributed by atoms with Crippen molar-refractivity contribution < 1.29 is 9.53 Å². The van der Waals surface area contributed by atoms with Gasteiger partial charge >= 0.3 is 0 Å². The zero-order valence-electron chi connectivity index (χ0n) is 13.9. The lowest BCUT2D eigenvalue weighted by molar-refractivity contribution is -0.131. The van der Waals surface area contributed by atoms with Crippen LogP contribution < -0.4 is 0 Å². The fourth-order valence-corrected chi connectivity index (χ4v) is 3.10. The number of ether oxygens (including phenoxy) is 1. The number of pyridine rings is 1. The van der Waals surface area contributed by atoms with Crippen LogP contribution in [0.25, 0.3) is 0 Å². The molecule has 3 rings (SSSR count). The molecule has 1 amide bonds. The predicted octanol–water partition coefficient (Wildman–Crippen LogP) is 2.73. The highest BCUT2D eigenvalue weighted by Gasteiger charge is 2.22. The van der Waals surface area contributed by atoms with Crippen molar-refractivity contribution in [1.82, 2.24) is 9.88 Å².